The highest BCUT2D eigenvalue weighted by molar-refractivity contribution is 8.00. The number of halogens is 3. The number of benzene rings is 2. The van der Waals surface area contributed by atoms with Gasteiger partial charge in [-0.25, -0.2) is 12.7 Å². The monoisotopic (exact) mass is 473 g/mol. The number of amides is 2. The van der Waals surface area contributed by atoms with E-state index in [4.69, 9.17) is 0 Å². The number of fused-ring (bicyclic) bond motifs is 1. The third-order valence-electron chi connectivity index (χ3n) is 4.43. The number of carbonyl (C=O) groups is 2. The molecule has 12 heteroatoms. The topological polar surface area (TPSA) is 86.8 Å². The molecule has 1 aliphatic rings. The first-order chi connectivity index (χ1) is 14.4. The first-order valence-electron chi connectivity index (χ1n) is 8.86. The van der Waals surface area contributed by atoms with Crippen LogP contribution in [0.15, 0.2) is 52.3 Å². The smallest absolute Gasteiger partial charge is 0.325 e. The number of sulfonamides is 1. The van der Waals surface area contributed by atoms with Gasteiger partial charge in [-0.05, 0) is 36.4 Å². The van der Waals surface area contributed by atoms with Crippen molar-refractivity contribution >= 4 is 45.0 Å². The van der Waals surface area contributed by atoms with Crippen LogP contribution in [0, 0.1) is 0 Å². The van der Waals surface area contributed by atoms with Gasteiger partial charge in [0.2, 0.25) is 21.8 Å². The van der Waals surface area contributed by atoms with Crippen LogP contribution >= 0.6 is 11.8 Å². The van der Waals surface area contributed by atoms with Crippen molar-refractivity contribution in [2.75, 3.05) is 36.6 Å². The van der Waals surface area contributed by atoms with Crippen LogP contribution in [0.1, 0.15) is 5.56 Å². The van der Waals surface area contributed by atoms with Crippen molar-refractivity contribution in [2.24, 2.45) is 0 Å². The molecule has 7 nitrogen and oxygen atoms in total. The first kappa shape index (κ1) is 23.1. The Labute approximate surface area is 181 Å². The second kappa shape index (κ2) is 8.52. The average molecular weight is 473 g/mol. The summed E-state index contributed by atoms with van der Waals surface area (Å²) in [5.74, 6) is -1.09. The number of nitrogens with zero attached hydrogens (tertiary/aromatic N) is 2. The van der Waals surface area contributed by atoms with Gasteiger partial charge in [0.25, 0.3) is 0 Å². The number of anilines is 2. The Bertz CT molecular complexity index is 1130. The number of nitrogens with one attached hydrogen (secondary N) is 1. The van der Waals surface area contributed by atoms with E-state index in [1.807, 2.05) is 0 Å². The fourth-order valence-corrected chi connectivity index (χ4v) is 4.68. The van der Waals surface area contributed by atoms with Gasteiger partial charge < -0.3 is 10.2 Å². The van der Waals surface area contributed by atoms with Crippen LogP contribution in [0.5, 0.6) is 0 Å². The van der Waals surface area contributed by atoms with E-state index in [1.54, 1.807) is 6.07 Å². The highest BCUT2D eigenvalue weighted by Crippen LogP contribution is 2.37. The van der Waals surface area contributed by atoms with E-state index in [9.17, 15) is 31.2 Å². The van der Waals surface area contributed by atoms with E-state index in [-0.39, 0.29) is 22.0 Å². The molecular weight excluding hydrogens is 455 g/mol. The minimum absolute atomic E-state index is 0.0453. The molecule has 0 atom stereocenters. The standard InChI is InChI=1S/C19H18F3N3O4S2/c1-24(2)31(28,29)14-6-7-16-15(9-14)25(18(27)11-30-16)10-17(26)23-13-5-3-4-12(8-13)19(20,21)22/h3-9H,10-11H2,1-2H3,(H,23,26). The maximum absolute atomic E-state index is 12.9. The van der Waals surface area contributed by atoms with E-state index in [0.29, 0.717) is 4.90 Å². The van der Waals surface area contributed by atoms with Crippen LogP contribution in [0.4, 0.5) is 24.5 Å². The number of thioether (sulfide) groups is 1. The van der Waals surface area contributed by atoms with E-state index in [2.05, 4.69) is 5.32 Å². The highest BCUT2D eigenvalue weighted by atomic mass is 32.2. The lowest BCUT2D eigenvalue weighted by molar-refractivity contribution is -0.137. The summed E-state index contributed by atoms with van der Waals surface area (Å²) < 4.78 is 64.5. The third kappa shape index (κ3) is 5.02. The SMILES string of the molecule is CN(C)S(=O)(=O)c1ccc2c(c1)N(CC(=O)Nc1cccc(C(F)(F)F)c1)C(=O)CS2. The highest BCUT2D eigenvalue weighted by Gasteiger charge is 2.31. The van der Waals surface area contributed by atoms with Crippen molar-refractivity contribution in [3.8, 4) is 0 Å². The summed E-state index contributed by atoms with van der Waals surface area (Å²) in [5.41, 5.74) is -0.731. The molecule has 0 unspecified atom stereocenters. The fraction of sp³-hybridized carbons (Fsp3) is 0.263. The van der Waals surface area contributed by atoms with Gasteiger partial charge in [0.05, 0.1) is 21.9 Å². The van der Waals surface area contributed by atoms with E-state index < -0.39 is 40.1 Å². The summed E-state index contributed by atoms with van der Waals surface area (Å²) in [6.45, 7) is -0.478. The van der Waals surface area contributed by atoms with Crippen molar-refractivity contribution in [2.45, 2.75) is 16.0 Å². The minimum atomic E-state index is -4.56. The number of alkyl halides is 3. The number of carbonyl (C=O) groups excluding carboxylic acids is 2. The molecule has 1 aliphatic heterocycles. The zero-order chi connectivity index (χ0) is 23.0. The molecule has 2 aromatic carbocycles. The van der Waals surface area contributed by atoms with Crippen LogP contribution in [-0.4, -0.2) is 50.9 Å². The summed E-state index contributed by atoms with van der Waals surface area (Å²) in [6, 6.07) is 8.42. The molecule has 0 aliphatic carbocycles. The molecule has 1 N–H and O–H groups in total. The molecule has 0 saturated carbocycles. The van der Waals surface area contributed by atoms with Crippen LogP contribution in [-0.2, 0) is 25.8 Å². The van der Waals surface area contributed by atoms with Crippen molar-refractivity contribution in [1.29, 1.82) is 0 Å². The summed E-state index contributed by atoms with van der Waals surface area (Å²) in [6.07, 6.45) is -4.56. The molecule has 31 heavy (non-hydrogen) atoms. The molecule has 0 bridgehead atoms. The van der Waals surface area contributed by atoms with Crippen molar-refractivity contribution in [3.05, 3.63) is 48.0 Å². The molecule has 2 amide bonds. The van der Waals surface area contributed by atoms with Crippen LogP contribution < -0.4 is 10.2 Å². The second-order valence-corrected chi connectivity index (χ2v) is 9.98. The van der Waals surface area contributed by atoms with Gasteiger partial charge in [0.15, 0.2) is 0 Å². The van der Waals surface area contributed by atoms with Crippen molar-refractivity contribution in [1.82, 2.24) is 4.31 Å². The van der Waals surface area contributed by atoms with Gasteiger partial charge in [-0.1, -0.05) is 6.07 Å². The normalized spacial score (nSPS) is 14.5. The van der Waals surface area contributed by atoms with Gasteiger partial charge in [0.1, 0.15) is 6.54 Å². The van der Waals surface area contributed by atoms with Crippen LogP contribution in [0.3, 0.4) is 0 Å². The maximum atomic E-state index is 12.9. The molecule has 0 saturated heterocycles. The Balaban J connectivity index is 1.86. The average Bonchev–Trinajstić information content (AvgIpc) is 2.69. The third-order valence-corrected chi connectivity index (χ3v) is 7.29. The van der Waals surface area contributed by atoms with Crippen molar-refractivity contribution < 1.29 is 31.2 Å². The van der Waals surface area contributed by atoms with E-state index >= 15 is 0 Å². The molecule has 1 heterocycles. The molecule has 0 radical (unpaired) electrons. The van der Waals surface area contributed by atoms with E-state index in [0.717, 1.165) is 27.4 Å². The lowest BCUT2D eigenvalue weighted by Gasteiger charge is -2.29. The summed E-state index contributed by atoms with van der Waals surface area (Å²) >= 11 is 1.21. The molecule has 2 aromatic rings. The van der Waals surface area contributed by atoms with Gasteiger partial charge in [-0.3, -0.25) is 9.59 Å². The van der Waals surface area contributed by atoms with Crippen LogP contribution in [0.25, 0.3) is 0 Å². The van der Waals surface area contributed by atoms with E-state index in [1.165, 1.54) is 44.1 Å². The van der Waals surface area contributed by atoms with Gasteiger partial charge in [-0.2, -0.15) is 13.2 Å². The number of rotatable bonds is 5. The first-order valence-corrected chi connectivity index (χ1v) is 11.3. The second-order valence-electron chi connectivity index (χ2n) is 6.81. The molecular formula is C19H18F3N3O4S2. The molecule has 0 aromatic heterocycles. The molecule has 3 rings (SSSR count). The zero-order valence-corrected chi connectivity index (χ0v) is 18.1. The molecule has 0 spiro atoms. The Hall–Kier alpha value is -2.57. The predicted octanol–water partition coefficient (Wildman–Crippen LogP) is 3.03. The fourth-order valence-electron chi connectivity index (χ4n) is 2.84. The van der Waals surface area contributed by atoms with Gasteiger partial charge in [-0.15, -0.1) is 11.8 Å². The summed E-state index contributed by atoms with van der Waals surface area (Å²) in [4.78, 5) is 26.6. The lowest BCUT2D eigenvalue weighted by Crippen LogP contribution is -2.41. The Morgan fingerprint density at radius 2 is 1.90 bits per heavy atom. The number of hydrogen-bond donors (Lipinski definition) is 1. The van der Waals surface area contributed by atoms with Crippen LogP contribution in [0.2, 0.25) is 0 Å². The minimum Gasteiger partial charge on any atom is -0.325 e. The number of hydrogen-bond acceptors (Lipinski definition) is 5. The summed E-state index contributed by atoms with van der Waals surface area (Å²) in [5, 5.41) is 2.35. The van der Waals surface area contributed by atoms with Crippen molar-refractivity contribution in [3.63, 3.8) is 0 Å². The Kier molecular flexibility index (Phi) is 6.35. The quantitative estimate of drug-likeness (QED) is 0.722. The molecule has 0 fully saturated rings. The Morgan fingerprint density at radius 3 is 2.55 bits per heavy atom. The largest absolute Gasteiger partial charge is 0.416 e. The molecule has 166 valence electrons. The zero-order valence-electron chi connectivity index (χ0n) is 16.4. The lowest BCUT2D eigenvalue weighted by atomic mass is 10.2. The Morgan fingerprint density at radius 1 is 1.19 bits per heavy atom. The summed E-state index contributed by atoms with van der Waals surface area (Å²) in [7, 11) is -1.03. The predicted molar refractivity (Wildman–Crippen MR) is 110 cm³/mol. The maximum Gasteiger partial charge on any atom is 0.416 e. The van der Waals surface area contributed by atoms with Gasteiger partial charge >= 0.3 is 6.18 Å². The van der Waals surface area contributed by atoms with Gasteiger partial charge in [0, 0.05) is 24.7 Å².